The predicted octanol–water partition coefficient (Wildman–Crippen LogP) is 5.53. The minimum Gasteiger partial charge on any atom is -0.460 e. The molecule has 0 amide bonds. The minimum absolute atomic E-state index is 0.0649. The zero-order chi connectivity index (χ0) is 15.8. The van der Waals surface area contributed by atoms with Crippen LogP contribution in [0.15, 0.2) is 32.1 Å². The second-order valence-corrected chi connectivity index (χ2v) is 9.22. The molecule has 2 atom stereocenters. The van der Waals surface area contributed by atoms with E-state index < -0.39 is 0 Å². The molecule has 2 unspecified atom stereocenters. The molecular formula is C15H14Br3FO2. The zero-order valence-corrected chi connectivity index (χ0v) is 16.3. The third-order valence-corrected chi connectivity index (χ3v) is 5.16. The molecule has 0 saturated heterocycles. The van der Waals surface area contributed by atoms with Crippen LogP contribution in [-0.4, -0.2) is 5.97 Å². The van der Waals surface area contributed by atoms with Crippen LogP contribution < -0.4 is 0 Å². The van der Waals surface area contributed by atoms with Crippen LogP contribution in [0.3, 0.4) is 0 Å². The Hall–Kier alpha value is -0.200. The fourth-order valence-corrected chi connectivity index (χ4v) is 3.50. The molecule has 6 heteroatoms. The molecule has 2 rings (SSSR count). The molecule has 114 valence electrons. The van der Waals surface area contributed by atoms with Crippen LogP contribution in [-0.2, 0) is 16.1 Å². The van der Waals surface area contributed by atoms with E-state index in [-0.39, 0.29) is 35.6 Å². The summed E-state index contributed by atoms with van der Waals surface area (Å²) in [4.78, 5) is 12.2. The maximum atomic E-state index is 13.7. The van der Waals surface area contributed by atoms with Crippen molar-refractivity contribution in [1.29, 1.82) is 0 Å². The lowest BCUT2D eigenvalue weighted by atomic mass is 10.1. The summed E-state index contributed by atoms with van der Waals surface area (Å²) in [6.45, 7) is 3.97. The van der Waals surface area contributed by atoms with Gasteiger partial charge in [-0.25, -0.2) is 4.39 Å². The van der Waals surface area contributed by atoms with E-state index in [2.05, 4.69) is 47.8 Å². The summed E-state index contributed by atoms with van der Waals surface area (Å²) in [5.41, 5.74) is 0.217. The van der Waals surface area contributed by atoms with Gasteiger partial charge in [0.25, 0.3) is 0 Å². The number of hydrogen-bond acceptors (Lipinski definition) is 2. The Bertz CT molecular complexity index is 574. The molecule has 21 heavy (non-hydrogen) atoms. The van der Waals surface area contributed by atoms with E-state index in [0.717, 1.165) is 3.39 Å². The third-order valence-electron chi connectivity index (χ3n) is 3.89. The first-order valence-corrected chi connectivity index (χ1v) is 8.75. The van der Waals surface area contributed by atoms with Crippen molar-refractivity contribution in [2.75, 3.05) is 0 Å². The molecule has 0 N–H and O–H groups in total. The smallest absolute Gasteiger partial charge is 0.310 e. The molecule has 0 aliphatic heterocycles. The fourth-order valence-electron chi connectivity index (χ4n) is 2.48. The number of ether oxygens (including phenoxy) is 1. The lowest BCUT2D eigenvalue weighted by molar-refractivity contribution is -0.147. The molecule has 0 heterocycles. The van der Waals surface area contributed by atoms with E-state index in [9.17, 15) is 9.18 Å². The van der Waals surface area contributed by atoms with Crippen molar-refractivity contribution in [1.82, 2.24) is 0 Å². The Balaban J connectivity index is 2.02. The molecule has 1 aliphatic rings. The molecule has 1 aromatic carbocycles. The summed E-state index contributed by atoms with van der Waals surface area (Å²) in [5, 5.41) is 0. The number of allylic oxidation sites excluding steroid dienone is 1. The predicted molar refractivity (Wildman–Crippen MR) is 90.6 cm³/mol. The van der Waals surface area contributed by atoms with Gasteiger partial charge in [-0.1, -0.05) is 41.9 Å². The Morgan fingerprint density at radius 2 is 2.10 bits per heavy atom. The van der Waals surface area contributed by atoms with Crippen molar-refractivity contribution in [3.8, 4) is 0 Å². The first-order chi connectivity index (χ1) is 9.75. The van der Waals surface area contributed by atoms with Crippen molar-refractivity contribution in [3.05, 3.63) is 43.5 Å². The van der Waals surface area contributed by atoms with Crippen LogP contribution in [0.1, 0.15) is 19.4 Å². The molecule has 2 nitrogen and oxygen atoms in total. The number of rotatable bonds is 4. The average Bonchev–Trinajstić information content (AvgIpc) is 2.89. The number of benzene rings is 1. The summed E-state index contributed by atoms with van der Waals surface area (Å²) in [5.74, 6) is -0.763. The van der Waals surface area contributed by atoms with E-state index in [0.29, 0.717) is 10.0 Å². The Kier molecular flexibility index (Phi) is 5.31. The monoisotopic (exact) mass is 482 g/mol. The van der Waals surface area contributed by atoms with Crippen LogP contribution in [0.2, 0.25) is 0 Å². The number of carbonyl (C=O) groups excluding carboxylic acids is 1. The molecule has 1 saturated carbocycles. The summed E-state index contributed by atoms with van der Waals surface area (Å²) in [7, 11) is 0. The van der Waals surface area contributed by atoms with Crippen molar-refractivity contribution in [3.63, 3.8) is 0 Å². The molecule has 1 aromatic rings. The van der Waals surface area contributed by atoms with Crippen LogP contribution in [0.25, 0.3) is 0 Å². The third kappa shape index (κ3) is 3.77. The van der Waals surface area contributed by atoms with E-state index in [1.165, 1.54) is 6.07 Å². The van der Waals surface area contributed by atoms with Gasteiger partial charge in [-0.2, -0.15) is 0 Å². The van der Waals surface area contributed by atoms with E-state index >= 15 is 0 Å². The highest BCUT2D eigenvalue weighted by atomic mass is 79.9. The average molecular weight is 485 g/mol. The van der Waals surface area contributed by atoms with Crippen molar-refractivity contribution >= 4 is 53.8 Å². The lowest BCUT2D eigenvalue weighted by Gasteiger charge is -2.08. The quantitative estimate of drug-likeness (QED) is 0.525. The van der Waals surface area contributed by atoms with Gasteiger partial charge in [-0.05, 0) is 55.3 Å². The van der Waals surface area contributed by atoms with E-state index in [1.807, 2.05) is 19.9 Å². The summed E-state index contributed by atoms with van der Waals surface area (Å²) in [6.07, 6.45) is 1.95. The maximum Gasteiger partial charge on any atom is 0.310 e. The molecular weight excluding hydrogens is 471 g/mol. The highest BCUT2D eigenvalue weighted by molar-refractivity contribution is 9.28. The topological polar surface area (TPSA) is 26.3 Å². The molecule has 0 spiro atoms. The second kappa shape index (κ2) is 6.50. The Labute approximate surface area is 148 Å². The van der Waals surface area contributed by atoms with Gasteiger partial charge in [0.15, 0.2) is 0 Å². The molecule has 0 bridgehead atoms. The number of hydrogen-bond donors (Lipinski definition) is 0. The Morgan fingerprint density at radius 1 is 1.43 bits per heavy atom. The molecule has 0 aromatic heterocycles. The Morgan fingerprint density at radius 3 is 2.67 bits per heavy atom. The van der Waals surface area contributed by atoms with Crippen molar-refractivity contribution in [2.24, 2.45) is 17.3 Å². The van der Waals surface area contributed by atoms with Gasteiger partial charge in [-0.15, -0.1) is 0 Å². The van der Waals surface area contributed by atoms with Gasteiger partial charge < -0.3 is 4.74 Å². The highest BCUT2D eigenvalue weighted by Crippen LogP contribution is 2.60. The second-order valence-electron chi connectivity index (χ2n) is 5.59. The zero-order valence-electron chi connectivity index (χ0n) is 11.5. The standard InChI is InChI=1S/C15H14Br3FO2/c1-15(2)9(6-12(17)18)13(15)14(20)21-7-8-10(16)4-3-5-11(8)19/h3-6,9,13H,7H2,1-2H3. The first-order valence-electron chi connectivity index (χ1n) is 6.37. The van der Waals surface area contributed by atoms with Gasteiger partial charge in [0, 0.05) is 10.0 Å². The number of halogens is 4. The van der Waals surface area contributed by atoms with Gasteiger partial charge in [-0.3, -0.25) is 4.79 Å². The van der Waals surface area contributed by atoms with Crippen LogP contribution >= 0.6 is 47.8 Å². The van der Waals surface area contributed by atoms with Crippen molar-refractivity contribution < 1.29 is 13.9 Å². The first kappa shape index (κ1) is 17.2. The van der Waals surface area contributed by atoms with Crippen LogP contribution in [0, 0.1) is 23.1 Å². The minimum atomic E-state index is -0.383. The van der Waals surface area contributed by atoms with Gasteiger partial charge in [0.05, 0.1) is 9.31 Å². The fraction of sp³-hybridized carbons (Fsp3) is 0.400. The number of esters is 1. The highest BCUT2D eigenvalue weighted by Gasteiger charge is 2.61. The largest absolute Gasteiger partial charge is 0.460 e. The number of carbonyl (C=O) groups is 1. The van der Waals surface area contributed by atoms with E-state index in [4.69, 9.17) is 4.74 Å². The summed E-state index contributed by atoms with van der Waals surface area (Å²) >= 11 is 9.88. The van der Waals surface area contributed by atoms with Crippen LogP contribution in [0.4, 0.5) is 4.39 Å². The SMILES string of the molecule is CC1(C)C(C=C(Br)Br)C1C(=O)OCc1c(F)cccc1Br. The maximum absolute atomic E-state index is 13.7. The van der Waals surface area contributed by atoms with Crippen molar-refractivity contribution in [2.45, 2.75) is 20.5 Å². The lowest BCUT2D eigenvalue weighted by Crippen LogP contribution is -2.11. The van der Waals surface area contributed by atoms with Crippen LogP contribution in [0.5, 0.6) is 0 Å². The summed E-state index contributed by atoms with van der Waals surface area (Å²) in [6, 6.07) is 4.67. The van der Waals surface area contributed by atoms with E-state index in [1.54, 1.807) is 12.1 Å². The van der Waals surface area contributed by atoms with Gasteiger partial charge in [0.2, 0.25) is 0 Å². The molecule has 1 aliphatic carbocycles. The van der Waals surface area contributed by atoms with Gasteiger partial charge >= 0.3 is 5.97 Å². The normalized spacial score (nSPS) is 22.6. The molecule has 0 radical (unpaired) electrons. The molecule has 1 fully saturated rings. The summed E-state index contributed by atoms with van der Waals surface area (Å²) < 4.78 is 20.4. The van der Waals surface area contributed by atoms with Gasteiger partial charge in [0.1, 0.15) is 12.4 Å².